The van der Waals surface area contributed by atoms with Crippen molar-refractivity contribution in [3.05, 3.63) is 12.3 Å². The molecule has 0 aliphatic rings. The van der Waals surface area contributed by atoms with Gasteiger partial charge in [-0.15, -0.1) is 0 Å². The van der Waals surface area contributed by atoms with Gasteiger partial charge in [0.2, 0.25) is 0 Å². The molecule has 7 heteroatoms. The van der Waals surface area contributed by atoms with Crippen molar-refractivity contribution in [1.82, 2.24) is 15.1 Å². The van der Waals surface area contributed by atoms with Crippen molar-refractivity contribution in [3.63, 3.8) is 0 Å². The molecule has 0 saturated heterocycles. The number of hydrogen-bond acceptors (Lipinski definition) is 3. The summed E-state index contributed by atoms with van der Waals surface area (Å²) in [4.78, 5) is 22.9. The topological polar surface area (TPSA) is 96.2 Å². The largest absolute Gasteiger partial charge is 0.480 e. The maximum Gasteiger partial charge on any atom is 0.326 e. The normalized spacial score (nSPS) is 12.8. The monoisotopic (exact) mass is 268 g/mol. The Balaban J connectivity index is 2.65. The molecule has 0 saturated carbocycles. The summed E-state index contributed by atoms with van der Waals surface area (Å²) >= 11 is 0. The maximum atomic E-state index is 11.7. The first-order chi connectivity index (χ1) is 8.74. The van der Waals surface area contributed by atoms with Crippen molar-refractivity contribution in [3.8, 4) is 0 Å². The van der Waals surface area contributed by atoms with E-state index in [2.05, 4.69) is 15.7 Å². The first-order valence-corrected chi connectivity index (χ1v) is 6.08. The number of amides is 2. The number of carboxylic acids is 1. The molecular formula is C12H20N4O3. The minimum Gasteiger partial charge on any atom is -0.480 e. The Bertz CT molecular complexity index is 462. The molecule has 0 spiro atoms. The number of rotatable bonds is 4. The summed E-state index contributed by atoms with van der Waals surface area (Å²) in [6, 6.07) is 0.0973. The Hall–Kier alpha value is -2.05. The molecular weight excluding hydrogens is 248 g/mol. The van der Waals surface area contributed by atoms with E-state index in [0.717, 1.165) is 0 Å². The Morgan fingerprint density at radius 2 is 2.11 bits per heavy atom. The molecule has 1 rings (SSSR count). The van der Waals surface area contributed by atoms with E-state index in [-0.39, 0.29) is 0 Å². The fourth-order valence-corrected chi connectivity index (χ4v) is 1.54. The molecule has 7 nitrogen and oxygen atoms in total. The fourth-order valence-electron chi connectivity index (χ4n) is 1.54. The Kier molecular flexibility index (Phi) is 4.52. The van der Waals surface area contributed by atoms with Crippen LogP contribution in [0.4, 0.5) is 10.6 Å². The zero-order chi connectivity index (χ0) is 14.6. The van der Waals surface area contributed by atoms with E-state index in [1.165, 1.54) is 0 Å². The van der Waals surface area contributed by atoms with Gasteiger partial charge in [-0.05, 0) is 12.3 Å². The van der Waals surface area contributed by atoms with Gasteiger partial charge >= 0.3 is 12.0 Å². The van der Waals surface area contributed by atoms with Gasteiger partial charge in [0.25, 0.3) is 0 Å². The molecule has 3 N–H and O–H groups in total. The highest BCUT2D eigenvalue weighted by Gasteiger charge is 2.32. The number of carbonyl (C=O) groups excluding carboxylic acids is 1. The predicted octanol–water partition coefficient (Wildman–Crippen LogP) is 1.52. The molecule has 0 fully saturated rings. The van der Waals surface area contributed by atoms with Gasteiger partial charge in [0.1, 0.15) is 6.04 Å². The van der Waals surface area contributed by atoms with Crippen molar-refractivity contribution in [1.29, 1.82) is 0 Å². The van der Waals surface area contributed by atoms with Crippen LogP contribution in [0.15, 0.2) is 12.3 Å². The highest BCUT2D eigenvalue weighted by Crippen LogP contribution is 2.19. The zero-order valence-corrected chi connectivity index (χ0v) is 11.6. The van der Waals surface area contributed by atoms with E-state index in [1.54, 1.807) is 37.7 Å². The summed E-state index contributed by atoms with van der Waals surface area (Å²) in [6.45, 7) is 7.87. The van der Waals surface area contributed by atoms with Gasteiger partial charge in [-0.1, -0.05) is 20.8 Å². The first-order valence-electron chi connectivity index (χ1n) is 6.08. The number of urea groups is 1. The number of aromatic nitrogens is 2. The molecule has 0 radical (unpaired) electrons. The van der Waals surface area contributed by atoms with Crippen molar-refractivity contribution in [2.45, 2.75) is 40.3 Å². The summed E-state index contributed by atoms with van der Waals surface area (Å²) in [5, 5.41) is 18.1. The quantitative estimate of drug-likeness (QED) is 0.771. The van der Waals surface area contributed by atoms with Gasteiger partial charge in [-0.2, -0.15) is 5.10 Å². The number of carbonyl (C=O) groups is 2. The van der Waals surface area contributed by atoms with Gasteiger partial charge in [0.05, 0.1) is 0 Å². The molecule has 0 bridgehead atoms. The SMILES string of the molecule is CCn1ccc(NC(=O)N[C@@H](C(=O)O)C(C)(C)C)n1. The van der Waals surface area contributed by atoms with Crippen LogP contribution in [-0.2, 0) is 11.3 Å². The van der Waals surface area contributed by atoms with E-state index in [9.17, 15) is 9.59 Å². The first kappa shape index (κ1) is 15.0. The van der Waals surface area contributed by atoms with E-state index in [1.807, 2.05) is 6.92 Å². The molecule has 0 unspecified atom stereocenters. The Labute approximate surface area is 112 Å². The van der Waals surface area contributed by atoms with Crippen LogP contribution in [0.2, 0.25) is 0 Å². The smallest absolute Gasteiger partial charge is 0.326 e. The van der Waals surface area contributed by atoms with E-state index < -0.39 is 23.5 Å². The predicted molar refractivity (Wildman–Crippen MR) is 70.9 cm³/mol. The van der Waals surface area contributed by atoms with E-state index >= 15 is 0 Å². The number of carboxylic acid groups (broad SMARTS) is 1. The van der Waals surface area contributed by atoms with Gasteiger partial charge in [0, 0.05) is 18.8 Å². The Morgan fingerprint density at radius 3 is 2.53 bits per heavy atom. The molecule has 1 atom stereocenters. The molecule has 19 heavy (non-hydrogen) atoms. The minimum absolute atomic E-state index is 0.386. The minimum atomic E-state index is -1.07. The third-order valence-corrected chi connectivity index (χ3v) is 2.59. The third kappa shape index (κ3) is 4.27. The highest BCUT2D eigenvalue weighted by atomic mass is 16.4. The van der Waals surface area contributed by atoms with Crippen LogP contribution in [-0.4, -0.2) is 32.9 Å². The van der Waals surface area contributed by atoms with Crippen LogP contribution >= 0.6 is 0 Å². The van der Waals surface area contributed by atoms with E-state index in [4.69, 9.17) is 5.11 Å². The van der Waals surface area contributed by atoms with Crippen molar-refractivity contribution >= 4 is 17.8 Å². The number of nitrogens with zero attached hydrogens (tertiary/aromatic N) is 2. The standard InChI is InChI=1S/C12H20N4O3/c1-5-16-7-6-8(15-16)13-11(19)14-9(10(17)18)12(2,3)4/h6-7,9H,5H2,1-4H3,(H,17,18)(H2,13,14,15,19)/t9-/m0/s1. The van der Waals surface area contributed by atoms with Gasteiger partial charge in [-0.25, -0.2) is 9.59 Å². The van der Waals surface area contributed by atoms with Crippen molar-refractivity contribution in [2.75, 3.05) is 5.32 Å². The molecule has 106 valence electrons. The number of aryl methyl sites for hydroxylation is 1. The number of aliphatic carboxylic acids is 1. The number of nitrogens with one attached hydrogen (secondary N) is 2. The maximum absolute atomic E-state index is 11.7. The molecule has 0 aliphatic heterocycles. The summed E-state index contributed by atoms with van der Waals surface area (Å²) in [5.74, 6) is -0.681. The van der Waals surface area contributed by atoms with Gasteiger partial charge in [0.15, 0.2) is 5.82 Å². The zero-order valence-electron chi connectivity index (χ0n) is 11.6. The molecule has 2 amide bonds. The lowest BCUT2D eigenvalue weighted by atomic mass is 9.87. The van der Waals surface area contributed by atoms with E-state index in [0.29, 0.717) is 12.4 Å². The number of hydrogen-bond donors (Lipinski definition) is 3. The van der Waals surface area contributed by atoms with Gasteiger partial charge < -0.3 is 10.4 Å². The summed E-state index contributed by atoms with van der Waals surface area (Å²) in [7, 11) is 0. The summed E-state index contributed by atoms with van der Waals surface area (Å²) in [5.41, 5.74) is -0.577. The van der Waals surface area contributed by atoms with Crippen LogP contribution in [0.25, 0.3) is 0 Å². The average Bonchev–Trinajstić information content (AvgIpc) is 2.71. The molecule has 0 aliphatic carbocycles. The lowest BCUT2D eigenvalue weighted by molar-refractivity contribution is -0.141. The lowest BCUT2D eigenvalue weighted by Crippen LogP contribution is -2.50. The second-order valence-corrected chi connectivity index (χ2v) is 5.29. The average molecular weight is 268 g/mol. The van der Waals surface area contributed by atoms with Crippen molar-refractivity contribution in [2.24, 2.45) is 5.41 Å². The van der Waals surface area contributed by atoms with Gasteiger partial charge in [-0.3, -0.25) is 10.00 Å². The second kappa shape index (κ2) is 5.73. The second-order valence-electron chi connectivity index (χ2n) is 5.29. The highest BCUT2D eigenvalue weighted by molar-refractivity contribution is 5.91. The molecule has 1 aromatic heterocycles. The summed E-state index contributed by atoms with van der Waals surface area (Å²) in [6.07, 6.45) is 1.73. The summed E-state index contributed by atoms with van der Waals surface area (Å²) < 4.78 is 1.66. The van der Waals surface area contributed by atoms with Crippen LogP contribution in [0.5, 0.6) is 0 Å². The van der Waals surface area contributed by atoms with Crippen molar-refractivity contribution < 1.29 is 14.7 Å². The van der Waals surface area contributed by atoms with Crippen LogP contribution in [0.1, 0.15) is 27.7 Å². The molecule has 0 aromatic carbocycles. The molecule has 1 aromatic rings. The fraction of sp³-hybridized carbons (Fsp3) is 0.583. The number of anilines is 1. The van der Waals surface area contributed by atoms with Crippen LogP contribution in [0.3, 0.4) is 0 Å². The van der Waals surface area contributed by atoms with Crippen LogP contribution in [0, 0.1) is 5.41 Å². The molecule has 1 heterocycles. The third-order valence-electron chi connectivity index (χ3n) is 2.59. The lowest BCUT2D eigenvalue weighted by Gasteiger charge is -2.27. The van der Waals surface area contributed by atoms with Crippen LogP contribution < -0.4 is 10.6 Å². The Morgan fingerprint density at radius 1 is 1.47 bits per heavy atom.